The molecule has 0 atom stereocenters. The van der Waals surface area contributed by atoms with Gasteiger partial charge in [0.05, 0.1) is 9.90 Å². The van der Waals surface area contributed by atoms with Crippen molar-refractivity contribution < 1.29 is 9.90 Å². The molecule has 76 valence electrons. The smallest absolute Gasteiger partial charge is 0.354 e. The Balaban J connectivity index is 2.23. The van der Waals surface area contributed by atoms with E-state index in [-0.39, 0.29) is 5.69 Å². The topological polar surface area (TPSA) is 66.0 Å². The largest absolute Gasteiger partial charge is 0.477 e. The van der Waals surface area contributed by atoms with Gasteiger partial charge < -0.3 is 5.11 Å². The van der Waals surface area contributed by atoms with Gasteiger partial charge in [0.2, 0.25) is 0 Å². The second-order valence-electron chi connectivity index (χ2n) is 3.14. The van der Waals surface area contributed by atoms with Gasteiger partial charge in [-0.15, -0.1) is 23.1 Å². The van der Waals surface area contributed by atoms with Crippen LogP contribution in [0.1, 0.15) is 16.1 Å². The maximum absolute atomic E-state index is 10.9. The van der Waals surface area contributed by atoms with Gasteiger partial charge in [0.1, 0.15) is 5.69 Å². The summed E-state index contributed by atoms with van der Waals surface area (Å²) in [5.41, 5.74) is 2.87. The van der Waals surface area contributed by atoms with Gasteiger partial charge in [0, 0.05) is 16.9 Å². The first kappa shape index (κ1) is 8.99. The molecule has 0 spiro atoms. The Morgan fingerprint density at radius 1 is 1.60 bits per heavy atom. The summed E-state index contributed by atoms with van der Waals surface area (Å²) in [6, 6.07) is 1.98. The zero-order chi connectivity index (χ0) is 10.4. The van der Waals surface area contributed by atoms with Crippen LogP contribution in [0.25, 0.3) is 11.3 Å². The van der Waals surface area contributed by atoms with Crippen molar-refractivity contribution in [1.29, 1.82) is 0 Å². The number of aromatic amines is 1. The van der Waals surface area contributed by atoms with Crippen LogP contribution in [0.15, 0.2) is 15.7 Å². The van der Waals surface area contributed by atoms with Crippen LogP contribution in [-0.2, 0) is 5.75 Å². The summed E-state index contributed by atoms with van der Waals surface area (Å²) in [7, 11) is 0. The lowest BCUT2D eigenvalue weighted by Gasteiger charge is -2.09. The summed E-state index contributed by atoms with van der Waals surface area (Å²) < 4.78 is 1.21. The predicted octanol–water partition coefficient (Wildman–Crippen LogP) is 2.44. The zero-order valence-electron chi connectivity index (χ0n) is 7.48. The van der Waals surface area contributed by atoms with E-state index in [1.165, 1.54) is 4.21 Å². The minimum absolute atomic E-state index is 0.217. The van der Waals surface area contributed by atoms with E-state index in [1.54, 1.807) is 23.1 Å². The van der Waals surface area contributed by atoms with Crippen molar-refractivity contribution in [2.24, 2.45) is 0 Å². The van der Waals surface area contributed by atoms with Crippen LogP contribution in [0.4, 0.5) is 0 Å². The number of aromatic carboxylic acids is 1. The maximum Gasteiger partial charge on any atom is 0.354 e. The molecule has 0 unspecified atom stereocenters. The van der Waals surface area contributed by atoms with Crippen LogP contribution in [0, 0.1) is 0 Å². The molecular formula is C9H6N2O2S2. The van der Waals surface area contributed by atoms with Gasteiger partial charge in [-0.05, 0) is 11.4 Å². The third kappa shape index (κ3) is 1.22. The number of aromatic nitrogens is 2. The summed E-state index contributed by atoms with van der Waals surface area (Å²) in [4.78, 5) is 10.9. The van der Waals surface area contributed by atoms with Crippen LogP contribution in [0.2, 0.25) is 0 Å². The summed E-state index contributed by atoms with van der Waals surface area (Å²) in [5.74, 6) is -0.260. The number of nitrogens with one attached hydrogen (secondary N) is 1. The Morgan fingerprint density at radius 3 is 3.27 bits per heavy atom. The number of hydrogen-bond donors (Lipinski definition) is 2. The molecule has 6 heteroatoms. The average Bonchev–Trinajstić information content (AvgIpc) is 2.82. The van der Waals surface area contributed by atoms with Crippen LogP contribution < -0.4 is 0 Å². The Labute approximate surface area is 93.3 Å². The van der Waals surface area contributed by atoms with Crippen LogP contribution in [-0.4, -0.2) is 21.3 Å². The van der Waals surface area contributed by atoms with Crippen LogP contribution in [0.5, 0.6) is 0 Å². The molecule has 0 aliphatic carbocycles. The van der Waals surface area contributed by atoms with Crippen LogP contribution >= 0.6 is 23.1 Å². The summed E-state index contributed by atoms with van der Waals surface area (Å²) in [5, 5.41) is 17.6. The minimum atomic E-state index is -0.942. The molecule has 4 nitrogen and oxygen atoms in total. The molecule has 0 fully saturated rings. The van der Waals surface area contributed by atoms with Crippen molar-refractivity contribution in [3.05, 3.63) is 22.7 Å². The summed E-state index contributed by atoms with van der Waals surface area (Å²) in [6.07, 6.45) is 0. The molecule has 0 amide bonds. The van der Waals surface area contributed by atoms with Crippen molar-refractivity contribution in [2.45, 2.75) is 9.96 Å². The monoisotopic (exact) mass is 238 g/mol. The number of hydrogen-bond acceptors (Lipinski definition) is 4. The van der Waals surface area contributed by atoms with Gasteiger partial charge in [-0.1, -0.05) is 0 Å². The number of thioether (sulfide) groups is 1. The number of carboxylic acids is 1. The molecule has 2 aromatic heterocycles. The Hall–Kier alpha value is -1.27. The molecule has 0 saturated carbocycles. The van der Waals surface area contributed by atoms with Gasteiger partial charge in [-0.2, -0.15) is 5.10 Å². The van der Waals surface area contributed by atoms with E-state index in [9.17, 15) is 4.79 Å². The number of thiophene rings is 1. The fourth-order valence-corrected chi connectivity index (χ4v) is 3.74. The number of rotatable bonds is 1. The molecule has 0 saturated heterocycles. The van der Waals surface area contributed by atoms with E-state index in [2.05, 4.69) is 10.2 Å². The fraction of sp³-hybridized carbons (Fsp3) is 0.111. The van der Waals surface area contributed by atoms with E-state index in [4.69, 9.17) is 5.11 Å². The van der Waals surface area contributed by atoms with Crippen LogP contribution in [0.3, 0.4) is 0 Å². The molecule has 0 aromatic carbocycles. The molecule has 0 radical (unpaired) electrons. The Morgan fingerprint density at radius 2 is 2.47 bits per heavy atom. The lowest BCUT2D eigenvalue weighted by atomic mass is 10.1. The van der Waals surface area contributed by atoms with Gasteiger partial charge >= 0.3 is 5.97 Å². The highest BCUT2D eigenvalue weighted by atomic mass is 32.2. The van der Waals surface area contributed by atoms with E-state index in [0.29, 0.717) is 5.75 Å². The molecule has 2 N–H and O–H groups in total. The van der Waals surface area contributed by atoms with Crippen molar-refractivity contribution in [2.75, 3.05) is 0 Å². The first-order valence-electron chi connectivity index (χ1n) is 4.28. The third-order valence-electron chi connectivity index (χ3n) is 2.31. The molecule has 0 bridgehead atoms. The normalized spacial score (nSPS) is 13.3. The standard InChI is InChI=1S/C9H6N2O2S2/c12-8(13)7-5-3-15-9-4(1-2-14-9)6(5)10-11-7/h1-2H,3H2,(H,10,11)(H,12,13). The highest BCUT2D eigenvalue weighted by molar-refractivity contribution is 8.00. The van der Waals surface area contributed by atoms with Crippen molar-refractivity contribution in [3.63, 3.8) is 0 Å². The second-order valence-corrected chi connectivity index (χ2v) is 5.30. The molecule has 15 heavy (non-hydrogen) atoms. The van der Waals surface area contributed by atoms with E-state index >= 15 is 0 Å². The fourth-order valence-electron chi connectivity index (χ4n) is 1.63. The van der Waals surface area contributed by atoms with Gasteiger partial charge in [0.15, 0.2) is 0 Å². The lowest BCUT2D eigenvalue weighted by Crippen LogP contribution is -2.02. The summed E-state index contributed by atoms with van der Waals surface area (Å²) >= 11 is 3.34. The third-order valence-corrected chi connectivity index (χ3v) is 4.58. The number of carboxylic acid groups (broad SMARTS) is 1. The maximum atomic E-state index is 10.9. The van der Waals surface area contributed by atoms with E-state index < -0.39 is 5.97 Å². The van der Waals surface area contributed by atoms with Crippen molar-refractivity contribution in [1.82, 2.24) is 10.2 Å². The molecule has 1 aliphatic heterocycles. The number of carbonyl (C=O) groups is 1. The van der Waals surface area contributed by atoms with E-state index in [0.717, 1.165) is 16.8 Å². The SMILES string of the molecule is O=C(O)c1[nH]nc2c1CSc1sccc1-2. The Kier molecular flexibility index (Phi) is 1.86. The number of nitrogens with zero attached hydrogens (tertiary/aromatic N) is 1. The molecule has 3 heterocycles. The lowest BCUT2D eigenvalue weighted by molar-refractivity contribution is 0.0689. The van der Waals surface area contributed by atoms with Gasteiger partial charge in [-0.3, -0.25) is 5.10 Å². The quantitative estimate of drug-likeness (QED) is 0.800. The first-order valence-corrected chi connectivity index (χ1v) is 6.15. The number of fused-ring (bicyclic) bond motifs is 3. The minimum Gasteiger partial charge on any atom is -0.477 e. The molecule has 2 aromatic rings. The highest BCUT2D eigenvalue weighted by Crippen LogP contribution is 2.44. The van der Waals surface area contributed by atoms with Crippen molar-refractivity contribution >= 4 is 29.1 Å². The average molecular weight is 238 g/mol. The highest BCUT2D eigenvalue weighted by Gasteiger charge is 2.25. The summed E-state index contributed by atoms with van der Waals surface area (Å²) in [6.45, 7) is 0. The zero-order valence-corrected chi connectivity index (χ0v) is 9.11. The second kappa shape index (κ2) is 3.11. The van der Waals surface area contributed by atoms with Gasteiger partial charge in [0.25, 0.3) is 0 Å². The van der Waals surface area contributed by atoms with E-state index in [1.807, 2.05) is 11.4 Å². The Bertz CT molecular complexity index is 544. The van der Waals surface area contributed by atoms with Crippen molar-refractivity contribution in [3.8, 4) is 11.3 Å². The first-order chi connectivity index (χ1) is 7.27. The molecule has 3 rings (SSSR count). The van der Waals surface area contributed by atoms with Gasteiger partial charge in [-0.25, -0.2) is 4.79 Å². The number of H-pyrrole nitrogens is 1. The predicted molar refractivity (Wildman–Crippen MR) is 58.4 cm³/mol. The molecule has 1 aliphatic rings. The molecular weight excluding hydrogens is 232 g/mol.